The van der Waals surface area contributed by atoms with E-state index in [0.717, 1.165) is 16.9 Å². The van der Waals surface area contributed by atoms with E-state index in [2.05, 4.69) is 0 Å². The van der Waals surface area contributed by atoms with Crippen molar-refractivity contribution in [2.75, 3.05) is 12.9 Å². The standard InChI is InChI=1S/C13H18O3S/c1-10-3-6-12(9-17(2,14)15)13(7-10)16-8-11-4-5-11/h3,6-7,11H,4-5,8-9H2,1-2H3. The third kappa shape index (κ3) is 4.04. The highest BCUT2D eigenvalue weighted by Gasteiger charge is 2.22. The quantitative estimate of drug-likeness (QED) is 0.810. The van der Waals surface area contributed by atoms with Crippen LogP contribution in [0.25, 0.3) is 0 Å². The largest absolute Gasteiger partial charge is 0.493 e. The Kier molecular flexibility index (Phi) is 3.43. The second kappa shape index (κ2) is 4.69. The van der Waals surface area contributed by atoms with Gasteiger partial charge in [0, 0.05) is 11.8 Å². The fourth-order valence-electron chi connectivity index (χ4n) is 1.69. The summed E-state index contributed by atoms with van der Waals surface area (Å²) in [6.07, 6.45) is 3.71. The van der Waals surface area contributed by atoms with Gasteiger partial charge in [-0.15, -0.1) is 0 Å². The molecule has 17 heavy (non-hydrogen) atoms. The summed E-state index contributed by atoms with van der Waals surface area (Å²) in [5.74, 6) is 1.44. The van der Waals surface area contributed by atoms with Crippen molar-refractivity contribution < 1.29 is 13.2 Å². The number of hydrogen-bond donors (Lipinski definition) is 0. The minimum absolute atomic E-state index is 0.0489. The Morgan fingerprint density at radius 3 is 2.65 bits per heavy atom. The number of rotatable bonds is 5. The van der Waals surface area contributed by atoms with E-state index in [9.17, 15) is 8.42 Å². The van der Waals surface area contributed by atoms with Crippen molar-refractivity contribution in [3.05, 3.63) is 29.3 Å². The molecule has 94 valence electrons. The van der Waals surface area contributed by atoms with E-state index in [1.54, 1.807) is 0 Å². The summed E-state index contributed by atoms with van der Waals surface area (Å²) < 4.78 is 28.4. The molecule has 2 rings (SSSR count). The normalized spacial score (nSPS) is 15.9. The Morgan fingerprint density at radius 1 is 1.35 bits per heavy atom. The molecule has 0 amide bonds. The Labute approximate surface area is 103 Å². The molecule has 1 aromatic carbocycles. The van der Waals surface area contributed by atoms with Crippen molar-refractivity contribution in [2.24, 2.45) is 5.92 Å². The maximum absolute atomic E-state index is 11.3. The van der Waals surface area contributed by atoms with Gasteiger partial charge in [0.25, 0.3) is 0 Å². The van der Waals surface area contributed by atoms with Gasteiger partial charge < -0.3 is 4.74 Å². The molecule has 0 unspecified atom stereocenters. The van der Waals surface area contributed by atoms with E-state index in [4.69, 9.17) is 4.74 Å². The van der Waals surface area contributed by atoms with Gasteiger partial charge in [-0.3, -0.25) is 0 Å². The first kappa shape index (κ1) is 12.4. The van der Waals surface area contributed by atoms with Crippen molar-refractivity contribution in [1.29, 1.82) is 0 Å². The molecule has 1 aliphatic rings. The molecule has 0 spiro atoms. The number of ether oxygens (including phenoxy) is 1. The molecule has 0 N–H and O–H groups in total. The zero-order valence-corrected chi connectivity index (χ0v) is 11.1. The number of hydrogen-bond acceptors (Lipinski definition) is 3. The minimum Gasteiger partial charge on any atom is -0.493 e. The van der Waals surface area contributed by atoms with Gasteiger partial charge >= 0.3 is 0 Å². The number of aryl methyl sites for hydroxylation is 1. The van der Waals surface area contributed by atoms with Gasteiger partial charge in [0.15, 0.2) is 9.84 Å². The first-order valence-corrected chi connectivity index (χ1v) is 7.90. The Morgan fingerprint density at radius 2 is 2.06 bits per heavy atom. The van der Waals surface area contributed by atoms with Gasteiger partial charge in [0.05, 0.1) is 12.4 Å². The van der Waals surface area contributed by atoms with Crippen molar-refractivity contribution in [2.45, 2.75) is 25.5 Å². The molecule has 1 aliphatic carbocycles. The molecule has 0 radical (unpaired) electrons. The Balaban J connectivity index is 2.16. The zero-order chi connectivity index (χ0) is 12.5. The second-order valence-electron chi connectivity index (χ2n) is 4.94. The fraction of sp³-hybridized carbons (Fsp3) is 0.538. The van der Waals surface area contributed by atoms with E-state index in [1.807, 2.05) is 25.1 Å². The average Bonchev–Trinajstić information content (AvgIpc) is 3.00. The molecule has 0 bridgehead atoms. The highest BCUT2D eigenvalue weighted by Crippen LogP contribution is 2.31. The van der Waals surface area contributed by atoms with Gasteiger partial charge in [-0.1, -0.05) is 12.1 Å². The number of benzene rings is 1. The molecule has 0 atom stereocenters. The van der Waals surface area contributed by atoms with E-state index >= 15 is 0 Å². The summed E-state index contributed by atoms with van der Waals surface area (Å²) in [7, 11) is -3.02. The van der Waals surface area contributed by atoms with Crippen molar-refractivity contribution in [3.8, 4) is 5.75 Å². The van der Waals surface area contributed by atoms with Crippen LogP contribution >= 0.6 is 0 Å². The Hall–Kier alpha value is -1.03. The minimum atomic E-state index is -3.02. The lowest BCUT2D eigenvalue weighted by molar-refractivity contribution is 0.297. The van der Waals surface area contributed by atoms with Gasteiger partial charge in [0.1, 0.15) is 5.75 Å². The van der Waals surface area contributed by atoms with Crippen LogP contribution in [-0.4, -0.2) is 21.3 Å². The summed E-state index contributed by atoms with van der Waals surface area (Å²) in [5, 5.41) is 0. The molecule has 1 aromatic rings. The average molecular weight is 254 g/mol. The lowest BCUT2D eigenvalue weighted by Gasteiger charge is -2.11. The molecule has 0 heterocycles. The smallest absolute Gasteiger partial charge is 0.151 e. The van der Waals surface area contributed by atoms with Gasteiger partial charge in [-0.05, 0) is 37.3 Å². The molecule has 0 aromatic heterocycles. The van der Waals surface area contributed by atoms with Crippen molar-refractivity contribution >= 4 is 9.84 Å². The zero-order valence-electron chi connectivity index (χ0n) is 10.3. The third-order valence-corrected chi connectivity index (χ3v) is 3.65. The van der Waals surface area contributed by atoms with Crippen LogP contribution in [0.1, 0.15) is 24.0 Å². The summed E-state index contributed by atoms with van der Waals surface area (Å²) in [6.45, 7) is 2.69. The van der Waals surface area contributed by atoms with Crippen LogP contribution in [0.4, 0.5) is 0 Å². The molecule has 0 aliphatic heterocycles. The molecular formula is C13H18O3S. The first-order chi connectivity index (χ1) is 7.94. The highest BCUT2D eigenvalue weighted by atomic mass is 32.2. The maximum atomic E-state index is 11.3. The van der Waals surface area contributed by atoms with Gasteiger partial charge in [0.2, 0.25) is 0 Å². The predicted octanol–water partition coefficient (Wildman–Crippen LogP) is 2.33. The first-order valence-electron chi connectivity index (χ1n) is 5.84. The number of sulfone groups is 1. The van der Waals surface area contributed by atoms with Crippen LogP contribution in [0.3, 0.4) is 0 Å². The van der Waals surface area contributed by atoms with Crippen LogP contribution in [0.2, 0.25) is 0 Å². The Bertz CT molecular complexity index is 501. The summed E-state index contributed by atoms with van der Waals surface area (Å²) in [5.41, 5.74) is 1.85. The van der Waals surface area contributed by atoms with Crippen LogP contribution in [0.15, 0.2) is 18.2 Å². The van der Waals surface area contributed by atoms with E-state index in [1.165, 1.54) is 19.1 Å². The summed E-state index contributed by atoms with van der Waals surface area (Å²) in [6, 6.07) is 5.69. The molecular weight excluding hydrogens is 236 g/mol. The summed E-state index contributed by atoms with van der Waals surface area (Å²) >= 11 is 0. The van der Waals surface area contributed by atoms with Gasteiger partial charge in [-0.2, -0.15) is 0 Å². The molecule has 4 heteroatoms. The van der Waals surface area contributed by atoms with Crippen LogP contribution in [0, 0.1) is 12.8 Å². The van der Waals surface area contributed by atoms with Crippen molar-refractivity contribution in [3.63, 3.8) is 0 Å². The second-order valence-corrected chi connectivity index (χ2v) is 7.08. The van der Waals surface area contributed by atoms with E-state index in [-0.39, 0.29) is 5.75 Å². The summed E-state index contributed by atoms with van der Waals surface area (Å²) in [4.78, 5) is 0. The van der Waals surface area contributed by atoms with Crippen LogP contribution in [-0.2, 0) is 15.6 Å². The fourth-order valence-corrected chi connectivity index (χ4v) is 2.49. The third-order valence-electron chi connectivity index (χ3n) is 2.81. The lowest BCUT2D eigenvalue weighted by Crippen LogP contribution is -2.06. The van der Waals surface area contributed by atoms with Gasteiger partial charge in [-0.25, -0.2) is 8.42 Å². The van der Waals surface area contributed by atoms with Crippen LogP contribution < -0.4 is 4.74 Å². The lowest BCUT2D eigenvalue weighted by atomic mass is 10.1. The topological polar surface area (TPSA) is 43.4 Å². The van der Waals surface area contributed by atoms with Crippen molar-refractivity contribution in [1.82, 2.24) is 0 Å². The SMILES string of the molecule is Cc1ccc(CS(C)(=O)=O)c(OCC2CC2)c1. The van der Waals surface area contributed by atoms with Crippen LogP contribution in [0.5, 0.6) is 5.75 Å². The monoisotopic (exact) mass is 254 g/mol. The predicted molar refractivity (Wildman–Crippen MR) is 67.9 cm³/mol. The molecule has 1 saturated carbocycles. The van der Waals surface area contributed by atoms with E-state index in [0.29, 0.717) is 12.5 Å². The molecule has 1 fully saturated rings. The van der Waals surface area contributed by atoms with E-state index < -0.39 is 9.84 Å². The molecule has 3 nitrogen and oxygen atoms in total. The molecule has 0 saturated heterocycles. The maximum Gasteiger partial charge on any atom is 0.151 e. The highest BCUT2D eigenvalue weighted by molar-refractivity contribution is 7.89.